The lowest BCUT2D eigenvalue weighted by atomic mass is 10.3. The third-order valence-electron chi connectivity index (χ3n) is 1.45. The quantitative estimate of drug-likeness (QED) is 0.543. The Morgan fingerprint density at radius 3 is 1.90 bits per heavy atom. The summed E-state index contributed by atoms with van der Waals surface area (Å²) in [5.74, 6) is -0.487. The molecule has 0 atom stereocenters. The maximum absolute atomic E-state index is 10.9. The highest BCUT2D eigenvalue weighted by molar-refractivity contribution is 9.12. The van der Waals surface area contributed by atoms with Crippen molar-refractivity contribution < 1.29 is 9.59 Å². The van der Waals surface area contributed by atoms with Crippen LogP contribution < -0.4 is 0 Å². The molecule has 0 radical (unpaired) electrons. The highest BCUT2D eigenvalue weighted by Gasteiger charge is 2.30. The molecule has 0 aromatic heterocycles. The summed E-state index contributed by atoms with van der Waals surface area (Å²) < 4.78 is 0.375. The number of halogens is 1. The Labute approximate surface area is 66.8 Å². The molecular formula is C6H6BrNO2. The second kappa shape index (κ2) is 2.20. The van der Waals surface area contributed by atoms with Crippen molar-refractivity contribution in [2.45, 2.75) is 6.92 Å². The van der Waals surface area contributed by atoms with Crippen molar-refractivity contribution in [3.05, 3.63) is 10.1 Å². The average molecular weight is 204 g/mol. The number of carbonyl (C=O) groups excluding carboxylic acids is 2. The van der Waals surface area contributed by atoms with E-state index in [-0.39, 0.29) is 11.8 Å². The van der Waals surface area contributed by atoms with Gasteiger partial charge in [-0.05, 0) is 22.9 Å². The van der Waals surface area contributed by atoms with Crippen LogP contribution in [0, 0.1) is 0 Å². The lowest BCUT2D eigenvalue weighted by molar-refractivity contribution is -0.135. The number of nitrogens with zero attached hydrogens (tertiary/aromatic N) is 1. The summed E-state index contributed by atoms with van der Waals surface area (Å²) in [5.41, 5.74) is 0.479. The molecular weight excluding hydrogens is 198 g/mol. The van der Waals surface area contributed by atoms with E-state index in [1.807, 2.05) is 0 Å². The van der Waals surface area contributed by atoms with Crippen LogP contribution in [-0.4, -0.2) is 23.8 Å². The first-order chi connectivity index (χ1) is 4.55. The van der Waals surface area contributed by atoms with Crippen molar-refractivity contribution in [2.75, 3.05) is 7.05 Å². The maximum Gasteiger partial charge on any atom is 0.267 e. The maximum atomic E-state index is 10.9. The van der Waals surface area contributed by atoms with Crippen molar-refractivity contribution in [1.29, 1.82) is 0 Å². The SMILES string of the molecule is CC1=C(Br)C(=O)N(C)C1=O. The van der Waals surface area contributed by atoms with Crippen LogP contribution in [0.3, 0.4) is 0 Å². The molecule has 4 heteroatoms. The van der Waals surface area contributed by atoms with Gasteiger partial charge in [-0.25, -0.2) is 0 Å². The Morgan fingerprint density at radius 1 is 1.30 bits per heavy atom. The Morgan fingerprint density at radius 2 is 1.80 bits per heavy atom. The van der Waals surface area contributed by atoms with Crippen LogP contribution in [-0.2, 0) is 9.59 Å². The smallest absolute Gasteiger partial charge is 0.267 e. The summed E-state index contributed by atoms with van der Waals surface area (Å²) >= 11 is 3.02. The van der Waals surface area contributed by atoms with Crippen molar-refractivity contribution in [3.63, 3.8) is 0 Å². The van der Waals surface area contributed by atoms with Crippen molar-refractivity contribution in [2.24, 2.45) is 0 Å². The molecule has 0 fully saturated rings. The Bertz CT molecular complexity index is 220. The van der Waals surface area contributed by atoms with E-state index in [1.54, 1.807) is 6.92 Å². The van der Waals surface area contributed by atoms with Gasteiger partial charge in [-0.2, -0.15) is 0 Å². The van der Waals surface area contributed by atoms with Crippen LogP contribution in [0.5, 0.6) is 0 Å². The summed E-state index contributed by atoms with van der Waals surface area (Å²) in [5, 5.41) is 0. The predicted molar refractivity (Wildman–Crippen MR) is 39.4 cm³/mol. The largest absolute Gasteiger partial charge is 0.277 e. The Kier molecular flexibility index (Phi) is 1.64. The van der Waals surface area contributed by atoms with Gasteiger partial charge in [0, 0.05) is 12.6 Å². The number of carbonyl (C=O) groups is 2. The molecule has 0 aromatic carbocycles. The number of hydrogen-bond donors (Lipinski definition) is 0. The molecule has 0 aliphatic carbocycles. The lowest BCUT2D eigenvalue weighted by Crippen LogP contribution is -2.26. The van der Waals surface area contributed by atoms with Gasteiger partial charge in [-0.3, -0.25) is 14.5 Å². The Balaban J connectivity index is 3.11. The molecule has 1 aliphatic heterocycles. The molecule has 0 N–H and O–H groups in total. The van der Waals surface area contributed by atoms with Gasteiger partial charge in [0.2, 0.25) is 0 Å². The van der Waals surface area contributed by atoms with Gasteiger partial charge in [-0.1, -0.05) is 0 Å². The van der Waals surface area contributed by atoms with Gasteiger partial charge in [0.1, 0.15) is 0 Å². The molecule has 0 spiro atoms. The highest BCUT2D eigenvalue weighted by atomic mass is 79.9. The van der Waals surface area contributed by atoms with Crippen LogP contribution in [0.1, 0.15) is 6.92 Å². The van der Waals surface area contributed by atoms with Crippen LogP contribution in [0.25, 0.3) is 0 Å². The van der Waals surface area contributed by atoms with E-state index in [0.29, 0.717) is 10.1 Å². The first-order valence-corrected chi connectivity index (χ1v) is 3.53. The third kappa shape index (κ3) is 0.794. The number of hydrogen-bond acceptors (Lipinski definition) is 2. The zero-order chi connectivity index (χ0) is 7.89. The minimum absolute atomic E-state index is 0.225. The van der Waals surface area contributed by atoms with Gasteiger partial charge >= 0.3 is 0 Å². The van der Waals surface area contributed by atoms with Crippen LogP contribution in [0.15, 0.2) is 10.1 Å². The summed E-state index contributed by atoms with van der Waals surface area (Å²) in [6.07, 6.45) is 0. The monoisotopic (exact) mass is 203 g/mol. The van der Waals surface area contributed by atoms with Crippen molar-refractivity contribution >= 4 is 27.7 Å². The average Bonchev–Trinajstić information content (AvgIpc) is 2.07. The topological polar surface area (TPSA) is 37.4 Å². The molecule has 10 heavy (non-hydrogen) atoms. The lowest BCUT2D eigenvalue weighted by Gasteiger charge is -2.03. The molecule has 0 bridgehead atoms. The molecule has 0 saturated carbocycles. The number of amides is 2. The fraction of sp³-hybridized carbons (Fsp3) is 0.333. The zero-order valence-corrected chi connectivity index (χ0v) is 7.23. The minimum Gasteiger partial charge on any atom is -0.277 e. The third-order valence-corrected chi connectivity index (χ3v) is 2.38. The van der Waals surface area contributed by atoms with Crippen LogP contribution >= 0.6 is 15.9 Å². The van der Waals surface area contributed by atoms with E-state index < -0.39 is 0 Å². The minimum atomic E-state index is -0.262. The summed E-state index contributed by atoms with van der Waals surface area (Å²) in [7, 11) is 1.46. The molecule has 0 aromatic rings. The molecule has 0 unspecified atom stereocenters. The van der Waals surface area contributed by atoms with Gasteiger partial charge in [-0.15, -0.1) is 0 Å². The van der Waals surface area contributed by atoms with Gasteiger partial charge in [0.05, 0.1) is 4.48 Å². The molecule has 3 nitrogen and oxygen atoms in total. The molecule has 1 rings (SSSR count). The second-order valence-corrected chi connectivity index (χ2v) is 2.90. The fourth-order valence-corrected chi connectivity index (χ4v) is 1.18. The van der Waals surface area contributed by atoms with Crippen molar-refractivity contribution in [1.82, 2.24) is 4.90 Å². The second-order valence-electron chi connectivity index (χ2n) is 2.11. The molecule has 2 amide bonds. The summed E-state index contributed by atoms with van der Waals surface area (Å²) in [4.78, 5) is 23.0. The number of imide groups is 1. The van der Waals surface area contributed by atoms with Crippen LogP contribution in [0.4, 0.5) is 0 Å². The van der Waals surface area contributed by atoms with E-state index in [2.05, 4.69) is 15.9 Å². The first kappa shape index (κ1) is 7.47. The van der Waals surface area contributed by atoms with Crippen LogP contribution in [0.2, 0.25) is 0 Å². The van der Waals surface area contributed by atoms with E-state index >= 15 is 0 Å². The van der Waals surface area contributed by atoms with Gasteiger partial charge in [0.15, 0.2) is 0 Å². The Hall–Kier alpha value is -0.640. The van der Waals surface area contributed by atoms with Gasteiger partial charge < -0.3 is 0 Å². The molecule has 1 aliphatic rings. The standard InChI is InChI=1S/C6H6BrNO2/c1-3-4(7)6(10)8(2)5(3)9/h1-2H3. The van der Waals surface area contributed by atoms with E-state index in [4.69, 9.17) is 0 Å². The fourth-order valence-electron chi connectivity index (χ4n) is 0.745. The van der Waals surface area contributed by atoms with E-state index in [9.17, 15) is 9.59 Å². The predicted octanol–water partition coefficient (Wildman–Crippen LogP) is 0.654. The van der Waals surface area contributed by atoms with Crippen molar-refractivity contribution in [3.8, 4) is 0 Å². The summed E-state index contributed by atoms with van der Waals surface area (Å²) in [6, 6.07) is 0. The van der Waals surface area contributed by atoms with E-state index in [0.717, 1.165) is 4.90 Å². The normalized spacial score (nSPS) is 19.3. The molecule has 1 heterocycles. The molecule has 0 saturated heterocycles. The molecule has 54 valence electrons. The first-order valence-electron chi connectivity index (χ1n) is 2.74. The number of rotatable bonds is 0. The van der Waals surface area contributed by atoms with Gasteiger partial charge in [0.25, 0.3) is 11.8 Å². The zero-order valence-electron chi connectivity index (χ0n) is 5.64. The highest BCUT2D eigenvalue weighted by Crippen LogP contribution is 2.22. The van der Waals surface area contributed by atoms with E-state index in [1.165, 1.54) is 7.05 Å². The summed E-state index contributed by atoms with van der Waals surface area (Å²) in [6.45, 7) is 1.62. The number of likely N-dealkylation sites (N-methyl/N-ethyl adjacent to an activating group) is 1.